The highest BCUT2D eigenvalue weighted by Gasteiger charge is 2.23. The van der Waals surface area contributed by atoms with Gasteiger partial charge in [0.25, 0.3) is 0 Å². The molecule has 2 N–H and O–H groups in total. The summed E-state index contributed by atoms with van der Waals surface area (Å²) in [5.41, 5.74) is 1.18. The van der Waals surface area contributed by atoms with E-state index in [1.165, 1.54) is 12.7 Å². The maximum absolute atomic E-state index is 11.6. The van der Waals surface area contributed by atoms with E-state index in [1.54, 1.807) is 16.7 Å². The first kappa shape index (κ1) is 21.7. The van der Waals surface area contributed by atoms with Crippen molar-refractivity contribution in [3.05, 3.63) is 34.9 Å². The van der Waals surface area contributed by atoms with Crippen LogP contribution in [0.2, 0.25) is 5.02 Å². The van der Waals surface area contributed by atoms with Crippen molar-refractivity contribution < 1.29 is 9.53 Å². The Morgan fingerprint density at radius 3 is 2.78 bits per heavy atom. The summed E-state index contributed by atoms with van der Waals surface area (Å²) < 4.78 is 4.79. The van der Waals surface area contributed by atoms with Gasteiger partial charge in [0, 0.05) is 35.9 Å². The van der Waals surface area contributed by atoms with Crippen LogP contribution < -0.4 is 10.6 Å². The lowest BCUT2D eigenvalue weighted by atomic mass is 10.1. The molecule has 1 fully saturated rings. The van der Waals surface area contributed by atoms with Crippen molar-refractivity contribution in [1.82, 2.24) is 15.5 Å². The first-order valence-corrected chi connectivity index (χ1v) is 10.9. The van der Waals surface area contributed by atoms with Gasteiger partial charge in [-0.05, 0) is 43.7 Å². The molecule has 1 aliphatic rings. The summed E-state index contributed by atoms with van der Waals surface area (Å²) >= 11 is 7.89. The molecule has 0 bridgehead atoms. The quantitative estimate of drug-likeness (QED) is 0.552. The molecule has 1 aliphatic heterocycles. The minimum absolute atomic E-state index is 0.250. The van der Waals surface area contributed by atoms with Crippen LogP contribution in [0.4, 0.5) is 4.79 Å². The Morgan fingerprint density at radius 2 is 2.19 bits per heavy atom. The van der Waals surface area contributed by atoms with E-state index in [0.717, 1.165) is 30.4 Å². The van der Waals surface area contributed by atoms with Gasteiger partial charge in [-0.1, -0.05) is 23.7 Å². The Labute approximate surface area is 171 Å². The zero-order valence-electron chi connectivity index (χ0n) is 16.2. The van der Waals surface area contributed by atoms with Crippen molar-refractivity contribution >= 4 is 35.4 Å². The predicted octanol–water partition coefficient (Wildman–Crippen LogP) is 3.53. The number of guanidine groups is 1. The molecule has 0 aromatic heterocycles. The lowest BCUT2D eigenvalue weighted by Crippen LogP contribution is -2.49. The first-order valence-electron chi connectivity index (χ1n) is 9.23. The van der Waals surface area contributed by atoms with Gasteiger partial charge in [0.1, 0.15) is 0 Å². The zero-order valence-corrected chi connectivity index (χ0v) is 17.8. The molecule has 8 heteroatoms. The van der Waals surface area contributed by atoms with Crippen LogP contribution in [0.1, 0.15) is 30.6 Å². The van der Waals surface area contributed by atoms with Crippen molar-refractivity contribution in [2.75, 3.05) is 39.5 Å². The number of benzene rings is 1. The van der Waals surface area contributed by atoms with Crippen LogP contribution in [0.3, 0.4) is 0 Å². The fourth-order valence-corrected chi connectivity index (χ4v) is 3.89. The average molecular weight is 413 g/mol. The van der Waals surface area contributed by atoms with Crippen LogP contribution in [0, 0.1) is 0 Å². The van der Waals surface area contributed by atoms with Crippen LogP contribution in [0.5, 0.6) is 0 Å². The molecule has 1 atom stereocenters. The number of aliphatic imine (C=N–C) groups is 1. The third-order valence-electron chi connectivity index (χ3n) is 4.53. The molecular weight excluding hydrogens is 384 g/mol. The molecular formula is C19H29ClN4O2S. The van der Waals surface area contributed by atoms with Crippen molar-refractivity contribution in [3.63, 3.8) is 0 Å². The summed E-state index contributed by atoms with van der Waals surface area (Å²) in [6, 6.07) is 8.25. The van der Waals surface area contributed by atoms with Gasteiger partial charge in [-0.2, -0.15) is 11.8 Å². The number of likely N-dealkylation sites (tertiary alicyclic amines) is 1. The molecule has 1 saturated heterocycles. The summed E-state index contributed by atoms with van der Waals surface area (Å²) in [4.78, 5) is 18.1. The molecule has 1 aromatic rings. The lowest BCUT2D eigenvalue weighted by molar-refractivity contribution is 0.111. The number of hydrogen-bond acceptors (Lipinski definition) is 4. The summed E-state index contributed by atoms with van der Waals surface area (Å²) in [7, 11) is 1.42. The monoisotopic (exact) mass is 412 g/mol. The van der Waals surface area contributed by atoms with E-state index in [-0.39, 0.29) is 11.3 Å². The van der Waals surface area contributed by atoms with Gasteiger partial charge in [0.05, 0.1) is 13.7 Å². The van der Waals surface area contributed by atoms with Gasteiger partial charge >= 0.3 is 6.09 Å². The molecule has 1 unspecified atom stereocenters. The van der Waals surface area contributed by atoms with E-state index in [2.05, 4.69) is 29.9 Å². The van der Waals surface area contributed by atoms with E-state index in [4.69, 9.17) is 21.3 Å². The van der Waals surface area contributed by atoms with Crippen molar-refractivity contribution in [2.24, 2.45) is 4.99 Å². The largest absolute Gasteiger partial charge is 0.453 e. The topological polar surface area (TPSA) is 66.0 Å². The van der Waals surface area contributed by atoms with E-state index < -0.39 is 0 Å². The van der Waals surface area contributed by atoms with Gasteiger partial charge in [0.2, 0.25) is 0 Å². The number of amides is 1. The Bertz CT molecular complexity index is 636. The molecule has 0 radical (unpaired) electrons. The standard InChI is InChI=1S/C19H29ClN4O2S/c1-4-21-18(23-16-8-10-24(11-9-16)19(25)26-2)22-13-17(27-3)14-6-5-7-15(20)12-14/h5-7,12,16-17H,4,8-11,13H2,1-3H3,(H2,21,22,23). The number of ether oxygens (including phenoxy) is 1. The summed E-state index contributed by atoms with van der Waals surface area (Å²) in [5, 5.41) is 7.82. The van der Waals surface area contributed by atoms with Gasteiger partial charge < -0.3 is 20.3 Å². The summed E-state index contributed by atoms with van der Waals surface area (Å²) in [6.45, 7) is 4.91. The third-order valence-corrected chi connectivity index (χ3v) is 5.76. The number of nitrogens with one attached hydrogen (secondary N) is 2. The second-order valence-electron chi connectivity index (χ2n) is 6.37. The maximum Gasteiger partial charge on any atom is 0.409 e. The van der Waals surface area contributed by atoms with Crippen LogP contribution >= 0.6 is 23.4 Å². The summed E-state index contributed by atoms with van der Waals surface area (Å²) in [6.07, 6.45) is 3.59. The van der Waals surface area contributed by atoms with Crippen molar-refractivity contribution in [2.45, 2.75) is 31.1 Å². The molecule has 27 heavy (non-hydrogen) atoms. The molecule has 0 saturated carbocycles. The SMILES string of the molecule is CCNC(=NCC(SC)c1cccc(Cl)c1)NC1CCN(C(=O)OC)CC1. The molecule has 0 spiro atoms. The van der Waals surface area contributed by atoms with Crippen molar-refractivity contribution in [1.29, 1.82) is 0 Å². The number of halogens is 1. The van der Waals surface area contributed by atoms with E-state index in [1.807, 2.05) is 18.2 Å². The molecule has 1 amide bonds. The third kappa shape index (κ3) is 6.81. The molecule has 6 nitrogen and oxygen atoms in total. The highest BCUT2D eigenvalue weighted by atomic mass is 35.5. The number of hydrogen-bond donors (Lipinski definition) is 2. The Kier molecular flexibility index (Phi) is 9.07. The van der Waals surface area contributed by atoms with E-state index in [9.17, 15) is 4.79 Å². The normalized spacial score (nSPS) is 16.7. The number of methoxy groups -OCH3 is 1. The zero-order chi connectivity index (χ0) is 19.6. The van der Waals surface area contributed by atoms with Crippen LogP contribution in [-0.4, -0.2) is 62.5 Å². The number of thioether (sulfide) groups is 1. The maximum atomic E-state index is 11.6. The van der Waals surface area contributed by atoms with Crippen molar-refractivity contribution in [3.8, 4) is 0 Å². The highest BCUT2D eigenvalue weighted by molar-refractivity contribution is 7.98. The first-order chi connectivity index (χ1) is 13.1. The molecule has 1 aromatic carbocycles. The highest BCUT2D eigenvalue weighted by Crippen LogP contribution is 2.28. The molecule has 0 aliphatic carbocycles. The molecule has 1 heterocycles. The number of rotatable bonds is 6. The van der Waals surface area contributed by atoms with Crippen LogP contribution in [-0.2, 0) is 4.74 Å². The van der Waals surface area contributed by atoms with Gasteiger partial charge in [-0.3, -0.25) is 4.99 Å². The average Bonchev–Trinajstić information content (AvgIpc) is 2.68. The minimum Gasteiger partial charge on any atom is -0.453 e. The minimum atomic E-state index is -0.252. The van der Waals surface area contributed by atoms with Gasteiger partial charge in [0.15, 0.2) is 5.96 Å². The summed E-state index contributed by atoms with van der Waals surface area (Å²) in [5.74, 6) is 0.815. The van der Waals surface area contributed by atoms with Gasteiger partial charge in [-0.15, -0.1) is 0 Å². The van der Waals surface area contributed by atoms with E-state index in [0.29, 0.717) is 25.7 Å². The number of piperidine rings is 1. The Balaban J connectivity index is 1.94. The number of carbonyl (C=O) groups excluding carboxylic acids is 1. The fraction of sp³-hybridized carbons (Fsp3) is 0.579. The van der Waals surface area contributed by atoms with Gasteiger partial charge in [-0.25, -0.2) is 4.79 Å². The molecule has 2 rings (SSSR count). The Hall–Kier alpha value is -1.60. The smallest absolute Gasteiger partial charge is 0.409 e. The van der Waals surface area contributed by atoms with E-state index >= 15 is 0 Å². The van der Waals surface area contributed by atoms with Crippen LogP contribution in [0.15, 0.2) is 29.3 Å². The lowest BCUT2D eigenvalue weighted by Gasteiger charge is -2.32. The van der Waals surface area contributed by atoms with Crippen LogP contribution in [0.25, 0.3) is 0 Å². The second kappa shape index (κ2) is 11.3. The molecule has 150 valence electrons. The number of carbonyl (C=O) groups is 1. The predicted molar refractivity (Wildman–Crippen MR) is 114 cm³/mol. The number of nitrogens with zero attached hydrogens (tertiary/aromatic N) is 2. The fourth-order valence-electron chi connectivity index (χ4n) is 3.05. The Morgan fingerprint density at radius 1 is 1.44 bits per heavy atom. The second-order valence-corrected chi connectivity index (χ2v) is 7.85.